The zero-order valence-electron chi connectivity index (χ0n) is 15.2. The highest BCUT2D eigenvalue weighted by atomic mass is 32.2. The van der Waals surface area contributed by atoms with Crippen molar-refractivity contribution in [2.24, 2.45) is 5.14 Å². The summed E-state index contributed by atoms with van der Waals surface area (Å²) in [5.41, 5.74) is 1.46. The smallest absolute Gasteiger partial charge is 0.338 e. The number of carbonyl (C=O) groups excluding carboxylic acids is 2. The summed E-state index contributed by atoms with van der Waals surface area (Å²) in [6, 6.07) is 10.5. The molecule has 0 fully saturated rings. The second-order valence-corrected chi connectivity index (χ2v) is 7.58. The average Bonchev–Trinajstić information content (AvgIpc) is 2.61. The summed E-state index contributed by atoms with van der Waals surface area (Å²) in [6.07, 6.45) is 1.74. The highest BCUT2D eigenvalue weighted by Crippen LogP contribution is 2.17. The monoisotopic (exact) mass is 390 g/mol. The number of hydrogen-bond acceptors (Lipinski definition) is 5. The number of primary sulfonamides is 1. The molecule has 0 spiro atoms. The Balaban J connectivity index is 2.09. The number of esters is 1. The third-order valence-corrected chi connectivity index (χ3v) is 4.92. The van der Waals surface area contributed by atoms with Gasteiger partial charge in [-0.3, -0.25) is 4.79 Å². The van der Waals surface area contributed by atoms with E-state index in [-0.39, 0.29) is 10.5 Å². The molecular formula is C19H22N2O5S. The number of amides is 1. The number of benzene rings is 2. The molecule has 144 valence electrons. The van der Waals surface area contributed by atoms with Crippen LogP contribution in [0.3, 0.4) is 0 Å². The molecule has 0 aliphatic rings. The Morgan fingerprint density at radius 3 is 2.30 bits per heavy atom. The van der Waals surface area contributed by atoms with Crippen molar-refractivity contribution in [1.29, 1.82) is 0 Å². The molecule has 1 amide bonds. The van der Waals surface area contributed by atoms with E-state index >= 15 is 0 Å². The third kappa shape index (κ3) is 5.63. The van der Waals surface area contributed by atoms with E-state index in [4.69, 9.17) is 9.88 Å². The number of nitrogens with one attached hydrogen (secondary N) is 1. The van der Waals surface area contributed by atoms with Crippen LogP contribution < -0.4 is 10.5 Å². The van der Waals surface area contributed by atoms with Gasteiger partial charge in [0.05, 0.1) is 17.1 Å². The first-order chi connectivity index (χ1) is 12.7. The molecule has 2 aromatic rings. The largest absolute Gasteiger partial charge is 0.462 e. The topological polar surface area (TPSA) is 116 Å². The molecule has 0 radical (unpaired) electrons. The zero-order chi connectivity index (χ0) is 20.0. The number of ether oxygens (including phenoxy) is 1. The first-order valence-corrected chi connectivity index (χ1v) is 9.99. The number of hydrogen-bond donors (Lipinski definition) is 2. The van der Waals surface area contributed by atoms with E-state index in [1.165, 1.54) is 18.2 Å². The zero-order valence-corrected chi connectivity index (χ0v) is 16.0. The minimum atomic E-state index is -3.92. The van der Waals surface area contributed by atoms with Gasteiger partial charge in [0, 0.05) is 11.3 Å². The highest BCUT2D eigenvalue weighted by molar-refractivity contribution is 7.89. The van der Waals surface area contributed by atoms with Crippen LogP contribution in [0, 0.1) is 6.92 Å². The van der Waals surface area contributed by atoms with Crippen LogP contribution in [0.4, 0.5) is 5.69 Å². The minimum absolute atomic E-state index is 0.0969. The number of unbranched alkanes of at least 4 members (excludes halogenated alkanes) is 1. The van der Waals surface area contributed by atoms with Crippen LogP contribution in [-0.4, -0.2) is 26.9 Å². The molecule has 0 aliphatic heterocycles. The van der Waals surface area contributed by atoms with Crippen molar-refractivity contribution in [2.75, 3.05) is 11.9 Å². The maximum absolute atomic E-state index is 12.4. The standard InChI is InChI=1S/C19H22N2O5S/c1-3-4-11-26-19(23)14-7-9-16(10-8-14)21-18(22)15-6-5-13(2)17(12-15)27(20,24)25/h5-10,12H,3-4,11H2,1-2H3,(H,21,22)(H2,20,24,25). The van der Waals surface area contributed by atoms with Gasteiger partial charge in [-0.2, -0.15) is 0 Å². The van der Waals surface area contributed by atoms with Crippen LogP contribution in [0.1, 0.15) is 46.0 Å². The van der Waals surface area contributed by atoms with E-state index in [1.807, 2.05) is 6.92 Å². The molecule has 0 saturated carbocycles. The van der Waals surface area contributed by atoms with E-state index in [1.54, 1.807) is 31.2 Å². The normalized spacial score (nSPS) is 11.1. The van der Waals surface area contributed by atoms with Gasteiger partial charge in [-0.15, -0.1) is 0 Å². The van der Waals surface area contributed by atoms with Crippen molar-refractivity contribution in [1.82, 2.24) is 0 Å². The van der Waals surface area contributed by atoms with E-state index in [0.717, 1.165) is 12.8 Å². The van der Waals surface area contributed by atoms with Crippen LogP contribution in [0.2, 0.25) is 0 Å². The molecule has 27 heavy (non-hydrogen) atoms. The molecule has 0 saturated heterocycles. The third-order valence-electron chi connectivity index (χ3n) is 3.87. The van der Waals surface area contributed by atoms with Crippen molar-refractivity contribution < 1.29 is 22.7 Å². The van der Waals surface area contributed by atoms with Gasteiger partial charge in [0.15, 0.2) is 0 Å². The molecule has 2 aromatic carbocycles. The van der Waals surface area contributed by atoms with E-state index < -0.39 is 21.9 Å². The van der Waals surface area contributed by atoms with Gasteiger partial charge in [-0.05, 0) is 55.3 Å². The lowest BCUT2D eigenvalue weighted by Gasteiger charge is -2.09. The summed E-state index contributed by atoms with van der Waals surface area (Å²) in [4.78, 5) is 24.1. The fourth-order valence-electron chi connectivity index (χ4n) is 2.33. The fraction of sp³-hybridized carbons (Fsp3) is 0.263. The quantitative estimate of drug-likeness (QED) is 0.557. The Morgan fingerprint density at radius 1 is 1.07 bits per heavy atom. The lowest BCUT2D eigenvalue weighted by molar-refractivity contribution is 0.0499. The molecule has 0 heterocycles. The summed E-state index contributed by atoms with van der Waals surface area (Å²) in [7, 11) is -3.92. The second kappa shape index (κ2) is 8.79. The van der Waals surface area contributed by atoms with Gasteiger partial charge in [0.1, 0.15) is 0 Å². The van der Waals surface area contributed by atoms with Crippen LogP contribution in [0.25, 0.3) is 0 Å². The number of aryl methyl sites for hydroxylation is 1. The number of nitrogens with two attached hydrogens (primary N) is 1. The van der Waals surface area contributed by atoms with Crippen molar-refractivity contribution in [3.05, 3.63) is 59.2 Å². The van der Waals surface area contributed by atoms with Gasteiger partial charge in [-0.1, -0.05) is 19.4 Å². The Labute approximate surface area is 158 Å². The molecule has 8 heteroatoms. The van der Waals surface area contributed by atoms with Gasteiger partial charge < -0.3 is 10.1 Å². The lowest BCUT2D eigenvalue weighted by Crippen LogP contribution is -2.17. The predicted octanol–water partition coefficient (Wildman–Crippen LogP) is 2.85. The molecule has 0 aromatic heterocycles. The maximum Gasteiger partial charge on any atom is 0.338 e. The average molecular weight is 390 g/mol. The van der Waals surface area contributed by atoms with Crippen LogP contribution >= 0.6 is 0 Å². The van der Waals surface area contributed by atoms with Gasteiger partial charge in [-0.25, -0.2) is 18.4 Å². The Kier molecular flexibility index (Phi) is 6.70. The SMILES string of the molecule is CCCCOC(=O)c1ccc(NC(=O)c2ccc(C)c(S(N)(=O)=O)c2)cc1. The summed E-state index contributed by atoms with van der Waals surface area (Å²) in [5.74, 6) is -0.907. The van der Waals surface area contributed by atoms with Gasteiger partial charge >= 0.3 is 5.97 Å². The number of carbonyl (C=O) groups is 2. The molecule has 2 rings (SSSR count). The number of sulfonamides is 1. The lowest BCUT2D eigenvalue weighted by atomic mass is 10.1. The van der Waals surface area contributed by atoms with Crippen molar-refractivity contribution >= 4 is 27.6 Å². The molecule has 0 aliphatic carbocycles. The maximum atomic E-state index is 12.4. The van der Waals surface area contributed by atoms with Crippen molar-refractivity contribution in [2.45, 2.75) is 31.6 Å². The molecule has 3 N–H and O–H groups in total. The molecule has 0 bridgehead atoms. The molecule has 7 nitrogen and oxygen atoms in total. The summed E-state index contributed by atoms with van der Waals surface area (Å²) in [5, 5.41) is 7.81. The Bertz CT molecular complexity index is 937. The Morgan fingerprint density at radius 2 is 1.70 bits per heavy atom. The predicted molar refractivity (Wildman–Crippen MR) is 102 cm³/mol. The number of rotatable bonds is 7. The van der Waals surface area contributed by atoms with Crippen molar-refractivity contribution in [3.63, 3.8) is 0 Å². The summed E-state index contributed by atoms with van der Waals surface area (Å²) < 4.78 is 28.3. The molecular weight excluding hydrogens is 368 g/mol. The van der Waals surface area contributed by atoms with E-state index in [9.17, 15) is 18.0 Å². The molecule has 0 atom stereocenters. The van der Waals surface area contributed by atoms with Crippen LogP contribution in [0.15, 0.2) is 47.4 Å². The minimum Gasteiger partial charge on any atom is -0.462 e. The summed E-state index contributed by atoms with van der Waals surface area (Å²) >= 11 is 0. The van der Waals surface area contributed by atoms with Crippen LogP contribution in [-0.2, 0) is 14.8 Å². The highest BCUT2D eigenvalue weighted by Gasteiger charge is 2.15. The fourth-order valence-corrected chi connectivity index (χ4v) is 3.14. The van der Waals surface area contributed by atoms with Gasteiger partial charge in [0.25, 0.3) is 5.91 Å². The van der Waals surface area contributed by atoms with Crippen LogP contribution in [0.5, 0.6) is 0 Å². The summed E-state index contributed by atoms with van der Waals surface area (Å²) in [6.45, 7) is 3.97. The molecule has 0 unspecified atom stereocenters. The number of anilines is 1. The van der Waals surface area contributed by atoms with E-state index in [0.29, 0.717) is 23.4 Å². The Hall–Kier alpha value is -2.71. The van der Waals surface area contributed by atoms with Gasteiger partial charge in [0.2, 0.25) is 10.0 Å². The first-order valence-electron chi connectivity index (χ1n) is 8.44. The first kappa shape index (κ1) is 20.6. The van der Waals surface area contributed by atoms with E-state index in [2.05, 4.69) is 5.32 Å². The second-order valence-electron chi connectivity index (χ2n) is 6.05. The van der Waals surface area contributed by atoms with Crippen molar-refractivity contribution in [3.8, 4) is 0 Å².